The van der Waals surface area contributed by atoms with Crippen molar-refractivity contribution < 1.29 is 4.74 Å². The predicted molar refractivity (Wildman–Crippen MR) is 78.1 cm³/mol. The molecule has 18 heavy (non-hydrogen) atoms. The van der Waals surface area contributed by atoms with Crippen LogP contribution in [-0.2, 0) is 0 Å². The molecule has 0 aliphatic heterocycles. The van der Waals surface area contributed by atoms with Gasteiger partial charge in [0, 0.05) is 11.6 Å². The number of allylic oxidation sites excluding steroid dienone is 1. The Balaban J connectivity index is 2.57. The van der Waals surface area contributed by atoms with E-state index in [2.05, 4.69) is 37.9 Å². The highest BCUT2D eigenvalue weighted by Crippen LogP contribution is 2.24. The van der Waals surface area contributed by atoms with Crippen molar-refractivity contribution in [3.63, 3.8) is 0 Å². The molecule has 0 bridgehead atoms. The highest BCUT2D eigenvalue weighted by Gasteiger charge is 2.09. The summed E-state index contributed by atoms with van der Waals surface area (Å²) in [6, 6.07) is 8.61. The van der Waals surface area contributed by atoms with Crippen molar-refractivity contribution in [1.29, 1.82) is 0 Å². The molecule has 0 aromatic heterocycles. The summed E-state index contributed by atoms with van der Waals surface area (Å²) < 4.78 is 5.85. The van der Waals surface area contributed by atoms with E-state index >= 15 is 0 Å². The molecule has 1 rings (SSSR count). The van der Waals surface area contributed by atoms with Gasteiger partial charge < -0.3 is 10.1 Å². The van der Waals surface area contributed by atoms with Crippen LogP contribution in [0.3, 0.4) is 0 Å². The van der Waals surface area contributed by atoms with Crippen LogP contribution >= 0.6 is 0 Å². The number of nitrogens with one attached hydrogen (secondary N) is 1. The highest BCUT2D eigenvalue weighted by atomic mass is 16.5. The minimum absolute atomic E-state index is 0.334. The smallest absolute Gasteiger partial charge is 0.124 e. The average molecular weight is 247 g/mol. The van der Waals surface area contributed by atoms with E-state index in [0.717, 1.165) is 38.2 Å². The Hall–Kier alpha value is -1.28. The van der Waals surface area contributed by atoms with Crippen molar-refractivity contribution in [3.05, 3.63) is 42.5 Å². The highest BCUT2D eigenvalue weighted by molar-refractivity contribution is 5.35. The summed E-state index contributed by atoms with van der Waals surface area (Å²) in [7, 11) is 0. The van der Waals surface area contributed by atoms with Gasteiger partial charge in [-0.2, -0.15) is 0 Å². The number of para-hydroxylation sites is 1. The normalized spacial score (nSPS) is 12.1. The average Bonchev–Trinajstić information content (AvgIpc) is 2.41. The fourth-order valence-corrected chi connectivity index (χ4v) is 1.85. The summed E-state index contributed by atoms with van der Waals surface area (Å²) >= 11 is 0. The van der Waals surface area contributed by atoms with Gasteiger partial charge >= 0.3 is 0 Å². The van der Waals surface area contributed by atoms with E-state index in [9.17, 15) is 0 Å². The zero-order valence-electron chi connectivity index (χ0n) is 11.6. The third kappa shape index (κ3) is 4.92. The van der Waals surface area contributed by atoms with Gasteiger partial charge in [-0.25, -0.2) is 0 Å². The van der Waals surface area contributed by atoms with Crippen molar-refractivity contribution in [2.75, 3.05) is 13.2 Å². The third-order valence-electron chi connectivity index (χ3n) is 2.90. The summed E-state index contributed by atoms with van der Waals surface area (Å²) in [6.07, 6.45) is 5.10. The van der Waals surface area contributed by atoms with E-state index < -0.39 is 0 Å². The molecule has 0 aliphatic rings. The summed E-state index contributed by atoms with van der Waals surface area (Å²) in [5, 5.41) is 3.49. The maximum absolute atomic E-state index is 5.85. The van der Waals surface area contributed by atoms with Crippen molar-refractivity contribution in [2.45, 2.75) is 39.2 Å². The summed E-state index contributed by atoms with van der Waals surface area (Å²) in [6.45, 7) is 9.87. The van der Waals surface area contributed by atoms with Gasteiger partial charge in [-0.15, -0.1) is 6.58 Å². The first-order chi connectivity index (χ1) is 8.79. The fraction of sp³-hybridized carbons (Fsp3) is 0.500. The van der Waals surface area contributed by atoms with Crippen LogP contribution in [0.15, 0.2) is 36.9 Å². The second-order valence-corrected chi connectivity index (χ2v) is 4.49. The molecule has 2 nitrogen and oxygen atoms in total. The molecule has 2 heteroatoms. The first-order valence-corrected chi connectivity index (χ1v) is 6.85. The summed E-state index contributed by atoms with van der Waals surface area (Å²) in [5.74, 6) is 0.998. The van der Waals surface area contributed by atoms with E-state index in [1.54, 1.807) is 0 Å². The number of hydrogen-bond donors (Lipinski definition) is 1. The minimum Gasteiger partial charge on any atom is -0.493 e. The largest absolute Gasteiger partial charge is 0.493 e. The number of hydrogen-bond acceptors (Lipinski definition) is 2. The Bertz CT molecular complexity index is 349. The summed E-state index contributed by atoms with van der Waals surface area (Å²) in [5.41, 5.74) is 1.24. The molecule has 0 aliphatic carbocycles. The molecule has 0 saturated carbocycles. The Kier molecular flexibility index (Phi) is 7.19. The van der Waals surface area contributed by atoms with Crippen LogP contribution in [0.2, 0.25) is 0 Å². The molecule has 1 unspecified atom stereocenters. The van der Waals surface area contributed by atoms with Gasteiger partial charge in [-0.1, -0.05) is 31.2 Å². The van der Waals surface area contributed by atoms with Crippen LogP contribution < -0.4 is 10.1 Å². The zero-order valence-corrected chi connectivity index (χ0v) is 11.6. The monoisotopic (exact) mass is 247 g/mol. The maximum atomic E-state index is 5.85. The van der Waals surface area contributed by atoms with Crippen LogP contribution in [0.4, 0.5) is 0 Å². The molecule has 0 amide bonds. The Morgan fingerprint density at radius 3 is 2.89 bits per heavy atom. The molecule has 1 N–H and O–H groups in total. The van der Waals surface area contributed by atoms with E-state index in [1.807, 2.05) is 18.2 Å². The quantitative estimate of drug-likeness (QED) is 0.524. The lowest BCUT2D eigenvalue weighted by Gasteiger charge is -2.18. The fourth-order valence-electron chi connectivity index (χ4n) is 1.85. The lowest BCUT2D eigenvalue weighted by molar-refractivity contribution is 0.306. The van der Waals surface area contributed by atoms with Crippen LogP contribution in [0.1, 0.15) is 44.7 Å². The standard InChI is InChI=1S/C16H25NO/c1-4-6-9-13-18-16-11-8-7-10-15(16)14(3)17-12-5-2/h4,7-8,10-11,14,17H,1,5-6,9,12-13H2,2-3H3. The van der Waals surface area contributed by atoms with Crippen molar-refractivity contribution in [2.24, 2.45) is 0 Å². The van der Waals surface area contributed by atoms with Crippen molar-refractivity contribution in [1.82, 2.24) is 5.32 Å². The van der Waals surface area contributed by atoms with Gasteiger partial charge in [0.2, 0.25) is 0 Å². The van der Waals surface area contributed by atoms with Crippen molar-refractivity contribution in [3.8, 4) is 5.75 Å². The van der Waals surface area contributed by atoms with E-state index in [4.69, 9.17) is 4.74 Å². The molecule has 1 atom stereocenters. The van der Waals surface area contributed by atoms with Gasteiger partial charge in [0.15, 0.2) is 0 Å². The first-order valence-electron chi connectivity index (χ1n) is 6.85. The Labute approximate surface area is 111 Å². The molecule has 100 valence electrons. The molecular weight excluding hydrogens is 222 g/mol. The molecule has 1 aromatic rings. The van der Waals surface area contributed by atoms with Crippen molar-refractivity contribution >= 4 is 0 Å². The molecule has 0 heterocycles. The lowest BCUT2D eigenvalue weighted by Crippen LogP contribution is -2.20. The van der Waals surface area contributed by atoms with Gasteiger partial charge in [-0.3, -0.25) is 0 Å². The molecular formula is C16H25NO. The second-order valence-electron chi connectivity index (χ2n) is 4.49. The Morgan fingerprint density at radius 2 is 2.17 bits per heavy atom. The first kappa shape index (κ1) is 14.8. The molecule has 0 radical (unpaired) electrons. The van der Waals surface area contributed by atoms with E-state index in [1.165, 1.54) is 5.56 Å². The van der Waals surface area contributed by atoms with Gasteiger partial charge in [0.25, 0.3) is 0 Å². The Morgan fingerprint density at radius 1 is 1.39 bits per heavy atom. The summed E-state index contributed by atoms with van der Waals surface area (Å²) in [4.78, 5) is 0. The zero-order chi connectivity index (χ0) is 13.2. The lowest BCUT2D eigenvalue weighted by atomic mass is 10.1. The van der Waals surface area contributed by atoms with Crippen LogP contribution in [0.25, 0.3) is 0 Å². The molecule has 0 spiro atoms. The van der Waals surface area contributed by atoms with Crippen LogP contribution in [-0.4, -0.2) is 13.2 Å². The maximum Gasteiger partial charge on any atom is 0.124 e. The second kappa shape index (κ2) is 8.76. The van der Waals surface area contributed by atoms with Gasteiger partial charge in [0.1, 0.15) is 5.75 Å². The predicted octanol–water partition coefficient (Wildman–Crippen LogP) is 4.09. The van der Waals surface area contributed by atoms with Crippen LogP contribution in [0.5, 0.6) is 5.75 Å². The minimum atomic E-state index is 0.334. The molecule has 0 saturated heterocycles. The SMILES string of the molecule is C=CCCCOc1ccccc1C(C)NCCC. The number of rotatable bonds is 9. The van der Waals surface area contributed by atoms with Crippen LogP contribution in [0, 0.1) is 0 Å². The van der Waals surface area contributed by atoms with E-state index in [-0.39, 0.29) is 0 Å². The van der Waals surface area contributed by atoms with Gasteiger partial charge in [0.05, 0.1) is 6.61 Å². The number of ether oxygens (including phenoxy) is 1. The van der Waals surface area contributed by atoms with E-state index in [0.29, 0.717) is 6.04 Å². The number of unbranched alkanes of at least 4 members (excludes halogenated alkanes) is 1. The molecule has 0 fully saturated rings. The van der Waals surface area contributed by atoms with Gasteiger partial charge in [-0.05, 0) is 38.8 Å². The number of benzene rings is 1. The third-order valence-corrected chi connectivity index (χ3v) is 2.90. The topological polar surface area (TPSA) is 21.3 Å². The molecule has 1 aromatic carbocycles.